The summed E-state index contributed by atoms with van der Waals surface area (Å²) < 4.78 is 15.3. The average Bonchev–Trinajstić information content (AvgIpc) is 2.80. The van der Waals surface area contributed by atoms with Crippen LogP contribution < -0.4 is 9.47 Å². The minimum absolute atomic E-state index is 0.0675. The highest BCUT2D eigenvalue weighted by molar-refractivity contribution is 7.80. The van der Waals surface area contributed by atoms with Crippen molar-refractivity contribution in [2.24, 2.45) is 0 Å². The second-order valence-electron chi connectivity index (χ2n) is 6.07. The van der Waals surface area contributed by atoms with Gasteiger partial charge in [-0.1, -0.05) is 24.3 Å². The first-order valence-electron chi connectivity index (χ1n) is 9.45. The van der Waals surface area contributed by atoms with E-state index >= 15 is 0 Å². The molecule has 10 heteroatoms. The lowest BCUT2D eigenvalue weighted by Gasteiger charge is -2.07. The molecule has 0 aliphatic carbocycles. The fourth-order valence-corrected chi connectivity index (χ4v) is 2.41. The Morgan fingerprint density at radius 2 is 1.72 bits per heavy atom. The maximum absolute atomic E-state index is 11.4. The lowest BCUT2D eigenvalue weighted by molar-refractivity contribution is -0.757. The Balaban J connectivity index is 0.000000471. The second kappa shape index (κ2) is 15.3. The van der Waals surface area contributed by atoms with E-state index in [0.717, 1.165) is 16.7 Å². The summed E-state index contributed by atoms with van der Waals surface area (Å²) in [6.07, 6.45) is 4.59. The molecule has 0 unspecified atom stereocenters. The van der Waals surface area contributed by atoms with E-state index in [1.165, 1.54) is 0 Å². The summed E-state index contributed by atoms with van der Waals surface area (Å²) in [5, 5.41) is 9.03. The number of hydrogen-bond acceptors (Lipinski definition) is 9. The zero-order valence-electron chi connectivity index (χ0n) is 17.8. The van der Waals surface area contributed by atoms with Crippen molar-refractivity contribution in [3.63, 3.8) is 0 Å². The van der Waals surface area contributed by atoms with E-state index in [-0.39, 0.29) is 26.1 Å². The van der Waals surface area contributed by atoms with Crippen LogP contribution in [0.25, 0.3) is 6.08 Å². The number of hydrogen-bond donors (Lipinski definition) is 1. The molecule has 2 aromatic rings. The van der Waals surface area contributed by atoms with Gasteiger partial charge in [0.15, 0.2) is 11.5 Å². The fraction of sp³-hybridized carbons (Fsp3) is 0.273. The number of nitrogens with zero attached hydrogens (tertiary/aromatic N) is 1. The van der Waals surface area contributed by atoms with Gasteiger partial charge in [-0.25, -0.2) is 0 Å². The molecule has 9 nitrogen and oxygen atoms in total. The molecule has 0 aliphatic rings. The molecule has 172 valence electrons. The van der Waals surface area contributed by atoms with Crippen LogP contribution in [0, 0.1) is 10.1 Å². The van der Waals surface area contributed by atoms with Gasteiger partial charge in [0.2, 0.25) is 0 Å². The summed E-state index contributed by atoms with van der Waals surface area (Å²) in [5.41, 5.74) is 1.56. The Labute approximate surface area is 191 Å². The SMILES string of the molecule is COc1ccc(/C=C/COC(=O)CCCO[N+](=O)[O-])cc1OC.O=Cc1ccc(S)cc1. The lowest BCUT2D eigenvalue weighted by Crippen LogP contribution is -2.08. The standard InChI is InChI=1S/C15H19NO7.C7H6OS/c1-20-13-8-7-12(11-14(13)21-2)5-3-9-22-15(17)6-4-10-23-16(18)19;8-5-6-1-3-7(9)4-2-6/h3,5,7-8,11H,4,6,9-10H2,1-2H3;1-5,9H/b5-3+;. The molecule has 0 spiro atoms. The number of carbonyl (C=O) groups is 2. The van der Waals surface area contributed by atoms with Gasteiger partial charge in [-0.3, -0.25) is 9.59 Å². The Hall–Kier alpha value is -3.53. The van der Waals surface area contributed by atoms with Crippen LogP contribution in [0.5, 0.6) is 11.5 Å². The van der Waals surface area contributed by atoms with Gasteiger partial charge < -0.3 is 19.0 Å². The Kier molecular flexibility index (Phi) is 12.7. The second-order valence-corrected chi connectivity index (χ2v) is 6.59. The van der Waals surface area contributed by atoms with Gasteiger partial charge in [0.05, 0.1) is 20.8 Å². The normalized spacial score (nSPS) is 9.97. The molecule has 0 amide bonds. The van der Waals surface area contributed by atoms with E-state index < -0.39 is 11.1 Å². The number of esters is 1. The topological polar surface area (TPSA) is 114 Å². The first kappa shape index (κ1) is 26.5. The van der Waals surface area contributed by atoms with Crippen molar-refractivity contribution in [1.29, 1.82) is 0 Å². The van der Waals surface area contributed by atoms with E-state index in [9.17, 15) is 19.7 Å². The van der Waals surface area contributed by atoms with Gasteiger partial charge in [-0.15, -0.1) is 22.7 Å². The van der Waals surface area contributed by atoms with Gasteiger partial charge in [-0.2, -0.15) is 0 Å². The molecule has 0 radical (unpaired) electrons. The molecule has 0 aliphatic heterocycles. The van der Waals surface area contributed by atoms with Crippen LogP contribution in [-0.2, 0) is 14.4 Å². The zero-order chi connectivity index (χ0) is 23.8. The molecule has 0 heterocycles. The predicted octanol–water partition coefficient (Wildman–Crippen LogP) is 4.04. The highest BCUT2D eigenvalue weighted by atomic mass is 32.1. The lowest BCUT2D eigenvalue weighted by atomic mass is 10.2. The third-order valence-corrected chi connectivity index (χ3v) is 4.11. The maximum atomic E-state index is 11.4. The number of aldehydes is 1. The highest BCUT2D eigenvalue weighted by Gasteiger charge is 2.04. The van der Waals surface area contributed by atoms with Crippen LogP contribution in [0.2, 0.25) is 0 Å². The van der Waals surface area contributed by atoms with Gasteiger partial charge in [-0.05, 0) is 42.3 Å². The zero-order valence-corrected chi connectivity index (χ0v) is 18.7. The highest BCUT2D eigenvalue weighted by Crippen LogP contribution is 2.27. The quantitative estimate of drug-likeness (QED) is 0.133. The number of benzene rings is 2. The van der Waals surface area contributed by atoms with Crippen molar-refractivity contribution in [2.45, 2.75) is 17.7 Å². The Morgan fingerprint density at radius 3 is 2.31 bits per heavy atom. The van der Waals surface area contributed by atoms with Crippen molar-refractivity contribution in [2.75, 3.05) is 27.4 Å². The summed E-state index contributed by atoms with van der Waals surface area (Å²) in [7, 11) is 3.11. The number of methoxy groups -OCH3 is 2. The van der Waals surface area contributed by atoms with E-state index in [2.05, 4.69) is 17.5 Å². The molecule has 0 bridgehead atoms. The summed E-state index contributed by atoms with van der Waals surface area (Å²) in [4.78, 5) is 36.3. The van der Waals surface area contributed by atoms with Gasteiger partial charge in [0.1, 0.15) is 12.9 Å². The van der Waals surface area contributed by atoms with E-state index in [0.29, 0.717) is 17.1 Å². The third kappa shape index (κ3) is 11.0. The molecular weight excluding hydrogens is 438 g/mol. The minimum Gasteiger partial charge on any atom is -0.493 e. The number of rotatable bonds is 11. The van der Waals surface area contributed by atoms with E-state index in [1.807, 2.05) is 6.07 Å². The van der Waals surface area contributed by atoms with Crippen molar-refractivity contribution in [1.82, 2.24) is 0 Å². The van der Waals surface area contributed by atoms with Crippen LogP contribution in [0.15, 0.2) is 53.4 Å². The smallest absolute Gasteiger partial charge is 0.306 e. The minimum atomic E-state index is -0.892. The summed E-state index contributed by atoms with van der Waals surface area (Å²) in [5.74, 6) is 0.805. The fourth-order valence-electron chi connectivity index (χ4n) is 2.26. The molecule has 2 aromatic carbocycles. The van der Waals surface area contributed by atoms with Gasteiger partial charge in [0.25, 0.3) is 5.09 Å². The molecule has 32 heavy (non-hydrogen) atoms. The molecule has 2 rings (SSSR count). The summed E-state index contributed by atoms with van der Waals surface area (Å²) >= 11 is 4.05. The van der Waals surface area contributed by atoms with Crippen molar-refractivity contribution in [3.8, 4) is 11.5 Å². The first-order valence-corrected chi connectivity index (χ1v) is 9.90. The van der Waals surface area contributed by atoms with Crippen LogP contribution in [0.3, 0.4) is 0 Å². The number of thiol groups is 1. The summed E-state index contributed by atoms with van der Waals surface area (Å²) in [6, 6.07) is 12.4. The molecule has 0 atom stereocenters. The maximum Gasteiger partial charge on any atom is 0.306 e. The van der Waals surface area contributed by atoms with Crippen molar-refractivity contribution >= 4 is 31.0 Å². The first-order chi connectivity index (χ1) is 15.4. The predicted molar refractivity (Wildman–Crippen MR) is 121 cm³/mol. The Morgan fingerprint density at radius 1 is 1.06 bits per heavy atom. The third-order valence-electron chi connectivity index (χ3n) is 3.81. The number of ether oxygens (including phenoxy) is 3. The average molecular weight is 464 g/mol. The van der Waals surface area contributed by atoms with Crippen LogP contribution >= 0.6 is 12.6 Å². The van der Waals surface area contributed by atoms with E-state index in [1.54, 1.807) is 62.8 Å². The molecular formula is C22H25NO8S. The molecule has 0 saturated carbocycles. The van der Waals surface area contributed by atoms with Gasteiger partial charge >= 0.3 is 5.97 Å². The monoisotopic (exact) mass is 463 g/mol. The van der Waals surface area contributed by atoms with Crippen LogP contribution in [0.1, 0.15) is 28.8 Å². The van der Waals surface area contributed by atoms with Crippen LogP contribution in [0.4, 0.5) is 0 Å². The van der Waals surface area contributed by atoms with Gasteiger partial charge in [0, 0.05) is 16.9 Å². The summed E-state index contributed by atoms with van der Waals surface area (Å²) in [6.45, 7) is -0.00709. The molecule has 0 fully saturated rings. The Bertz CT molecular complexity index is 899. The molecule has 0 N–H and O–H groups in total. The van der Waals surface area contributed by atoms with Crippen molar-refractivity contribution < 1.29 is 33.7 Å². The molecule has 0 aromatic heterocycles. The molecule has 0 saturated heterocycles. The largest absolute Gasteiger partial charge is 0.493 e. The van der Waals surface area contributed by atoms with E-state index in [4.69, 9.17) is 14.2 Å². The van der Waals surface area contributed by atoms with Crippen LogP contribution in [-0.4, -0.2) is 44.8 Å². The number of carbonyl (C=O) groups excluding carboxylic acids is 2. The van der Waals surface area contributed by atoms with Crippen molar-refractivity contribution in [3.05, 3.63) is 69.8 Å².